The summed E-state index contributed by atoms with van der Waals surface area (Å²) >= 11 is 1.38. The molecule has 1 saturated heterocycles. The van der Waals surface area contributed by atoms with E-state index in [2.05, 4.69) is 11.8 Å². The Balaban J connectivity index is 2.04. The molecule has 0 bridgehead atoms. The monoisotopic (exact) mass is 282 g/mol. The van der Waals surface area contributed by atoms with E-state index in [0.717, 1.165) is 4.88 Å². The van der Waals surface area contributed by atoms with Gasteiger partial charge in [-0.2, -0.15) is 0 Å². The van der Waals surface area contributed by atoms with E-state index in [0.29, 0.717) is 36.0 Å². The number of hydrogen-bond donors (Lipinski definition) is 1. The van der Waals surface area contributed by atoms with Crippen molar-refractivity contribution in [1.29, 1.82) is 0 Å². The lowest BCUT2D eigenvalue weighted by atomic mass is 10.3. The van der Waals surface area contributed by atoms with E-state index in [1.165, 1.54) is 11.3 Å². The predicted octanol–water partition coefficient (Wildman–Crippen LogP) is 0.263. The number of nitrogens with two attached hydrogens (primary N) is 1. The van der Waals surface area contributed by atoms with E-state index in [1.807, 2.05) is 6.07 Å². The second-order valence-corrected chi connectivity index (χ2v) is 6.59. The molecule has 2 rings (SSSR count). The van der Waals surface area contributed by atoms with Gasteiger partial charge in [0.25, 0.3) is 5.91 Å². The van der Waals surface area contributed by atoms with Crippen LogP contribution in [0.15, 0.2) is 12.1 Å². The zero-order chi connectivity index (χ0) is 13.0. The number of rotatable bonds is 1. The van der Waals surface area contributed by atoms with Crippen LogP contribution >= 0.6 is 11.3 Å². The highest BCUT2D eigenvalue weighted by Crippen LogP contribution is 2.18. The van der Waals surface area contributed by atoms with Crippen LogP contribution in [0.25, 0.3) is 0 Å². The molecule has 1 aromatic rings. The van der Waals surface area contributed by atoms with E-state index in [9.17, 15) is 9.00 Å². The van der Waals surface area contributed by atoms with E-state index in [-0.39, 0.29) is 5.91 Å². The van der Waals surface area contributed by atoms with E-state index in [4.69, 9.17) is 5.73 Å². The standard InChI is InChI=1S/C12H14N2O2S2/c13-5-1-2-10-3-4-11(17-10)12(15)14-6-8-18(16)9-7-14/h3-4H,5-9,13H2. The van der Waals surface area contributed by atoms with Crippen LogP contribution in [0.1, 0.15) is 14.5 Å². The second-order valence-electron chi connectivity index (χ2n) is 3.81. The van der Waals surface area contributed by atoms with Gasteiger partial charge < -0.3 is 10.6 Å². The van der Waals surface area contributed by atoms with Crippen molar-refractivity contribution in [1.82, 2.24) is 4.90 Å². The smallest absolute Gasteiger partial charge is 0.264 e. The Labute approximate surface area is 113 Å². The summed E-state index contributed by atoms with van der Waals surface area (Å²) in [6.07, 6.45) is 0. The number of hydrogen-bond acceptors (Lipinski definition) is 4. The highest BCUT2D eigenvalue weighted by Gasteiger charge is 2.22. The fraction of sp³-hybridized carbons (Fsp3) is 0.417. The first-order chi connectivity index (χ1) is 8.70. The van der Waals surface area contributed by atoms with Gasteiger partial charge in [0.1, 0.15) is 0 Å². The molecular weight excluding hydrogens is 268 g/mol. The van der Waals surface area contributed by atoms with Crippen LogP contribution in [-0.2, 0) is 10.8 Å². The third kappa shape index (κ3) is 3.19. The van der Waals surface area contributed by atoms with E-state index >= 15 is 0 Å². The van der Waals surface area contributed by atoms with Crippen molar-refractivity contribution in [3.63, 3.8) is 0 Å². The molecule has 0 unspecified atom stereocenters. The summed E-state index contributed by atoms with van der Waals surface area (Å²) in [4.78, 5) is 15.5. The fourth-order valence-corrected chi connectivity index (χ4v) is 3.56. The lowest BCUT2D eigenvalue weighted by molar-refractivity contribution is 0.0776. The molecule has 0 spiro atoms. The molecule has 18 heavy (non-hydrogen) atoms. The zero-order valence-electron chi connectivity index (χ0n) is 9.85. The molecule has 2 heterocycles. The SMILES string of the molecule is NCC#Cc1ccc(C(=O)N2CCS(=O)CC2)s1. The lowest BCUT2D eigenvalue weighted by Gasteiger charge is -2.25. The average Bonchev–Trinajstić information content (AvgIpc) is 2.85. The van der Waals surface area contributed by atoms with Gasteiger partial charge in [-0.15, -0.1) is 11.3 Å². The van der Waals surface area contributed by atoms with Crippen molar-refractivity contribution in [2.45, 2.75) is 0 Å². The Hall–Kier alpha value is -1.16. The molecule has 1 aliphatic heterocycles. The number of carbonyl (C=O) groups excluding carboxylic acids is 1. The minimum absolute atomic E-state index is 0.0116. The quantitative estimate of drug-likeness (QED) is 0.752. The zero-order valence-corrected chi connectivity index (χ0v) is 11.5. The molecule has 0 atom stereocenters. The Morgan fingerprint density at radius 1 is 1.44 bits per heavy atom. The summed E-state index contributed by atoms with van der Waals surface area (Å²) in [6, 6.07) is 3.63. The van der Waals surface area contributed by atoms with Gasteiger partial charge in [-0.05, 0) is 12.1 Å². The van der Waals surface area contributed by atoms with E-state index in [1.54, 1.807) is 11.0 Å². The number of carbonyl (C=O) groups is 1. The van der Waals surface area contributed by atoms with Gasteiger partial charge in [-0.25, -0.2) is 0 Å². The molecule has 1 fully saturated rings. The minimum atomic E-state index is -0.760. The fourth-order valence-electron chi connectivity index (χ4n) is 1.65. The predicted molar refractivity (Wildman–Crippen MR) is 74.0 cm³/mol. The second kappa shape index (κ2) is 6.14. The summed E-state index contributed by atoms with van der Waals surface area (Å²) in [7, 11) is -0.760. The third-order valence-corrected chi connectivity index (χ3v) is 4.86. The molecule has 1 aliphatic rings. The van der Waals surface area contributed by atoms with Crippen LogP contribution in [0.5, 0.6) is 0 Å². The summed E-state index contributed by atoms with van der Waals surface area (Å²) in [5.74, 6) is 6.85. The number of thiophene rings is 1. The van der Waals surface area contributed by atoms with Crippen molar-refractivity contribution < 1.29 is 9.00 Å². The topological polar surface area (TPSA) is 63.4 Å². The normalized spacial score (nSPS) is 16.2. The molecule has 0 radical (unpaired) electrons. The van der Waals surface area contributed by atoms with Crippen LogP contribution in [0.2, 0.25) is 0 Å². The maximum absolute atomic E-state index is 12.2. The van der Waals surface area contributed by atoms with Gasteiger partial charge in [0, 0.05) is 35.4 Å². The average molecular weight is 282 g/mol. The van der Waals surface area contributed by atoms with Crippen molar-refractivity contribution in [2.24, 2.45) is 5.73 Å². The first-order valence-electron chi connectivity index (χ1n) is 5.63. The summed E-state index contributed by atoms with van der Waals surface area (Å²) in [5, 5.41) is 0. The molecule has 4 nitrogen and oxygen atoms in total. The van der Waals surface area contributed by atoms with Crippen LogP contribution in [0.4, 0.5) is 0 Å². The molecule has 2 N–H and O–H groups in total. The Bertz CT molecular complexity index is 518. The van der Waals surface area contributed by atoms with Gasteiger partial charge in [0.15, 0.2) is 0 Å². The van der Waals surface area contributed by atoms with Crippen LogP contribution < -0.4 is 5.73 Å². The number of nitrogens with zero attached hydrogens (tertiary/aromatic N) is 1. The Kier molecular flexibility index (Phi) is 4.53. The first kappa shape index (κ1) is 13.3. The molecule has 6 heteroatoms. The maximum atomic E-state index is 12.2. The Morgan fingerprint density at radius 2 is 2.17 bits per heavy atom. The third-order valence-electron chi connectivity index (χ3n) is 2.60. The molecule has 0 aromatic carbocycles. The van der Waals surface area contributed by atoms with Crippen molar-refractivity contribution in [3.8, 4) is 11.8 Å². The highest BCUT2D eigenvalue weighted by atomic mass is 32.2. The molecule has 0 aliphatic carbocycles. The molecule has 0 saturated carbocycles. The van der Waals surface area contributed by atoms with Gasteiger partial charge in [-0.3, -0.25) is 9.00 Å². The van der Waals surface area contributed by atoms with E-state index < -0.39 is 10.8 Å². The van der Waals surface area contributed by atoms with Crippen molar-refractivity contribution >= 4 is 28.0 Å². The molecule has 1 aromatic heterocycles. The summed E-state index contributed by atoms with van der Waals surface area (Å²) in [6.45, 7) is 1.47. The molecular formula is C12H14N2O2S2. The van der Waals surface area contributed by atoms with Gasteiger partial charge in [0.05, 0.1) is 16.3 Å². The van der Waals surface area contributed by atoms with Gasteiger partial charge in [-0.1, -0.05) is 11.8 Å². The molecule has 96 valence electrons. The summed E-state index contributed by atoms with van der Waals surface area (Å²) < 4.78 is 11.2. The maximum Gasteiger partial charge on any atom is 0.264 e. The summed E-state index contributed by atoms with van der Waals surface area (Å²) in [5.41, 5.74) is 5.30. The number of amides is 1. The van der Waals surface area contributed by atoms with Crippen LogP contribution in [0.3, 0.4) is 0 Å². The minimum Gasteiger partial charge on any atom is -0.336 e. The van der Waals surface area contributed by atoms with Crippen LogP contribution in [0, 0.1) is 11.8 Å². The van der Waals surface area contributed by atoms with Gasteiger partial charge >= 0.3 is 0 Å². The van der Waals surface area contributed by atoms with Gasteiger partial charge in [0.2, 0.25) is 0 Å². The molecule has 1 amide bonds. The first-order valence-corrected chi connectivity index (χ1v) is 7.94. The lowest BCUT2D eigenvalue weighted by Crippen LogP contribution is -2.41. The highest BCUT2D eigenvalue weighted by molar-refractivity contribution is 7.85. The Morgan fingerprint density at radius 3 is 2.83 bits per heavy atom. The largest absolute Gasteiger partial charge is 0.336 e. The van der Waals surface area contributed by atoms with Crippen molar-refractivity contribution in [3.05, 3.63) is 21.9 Å². The van der Waals surface area contributed by atoms with Crippen LogP contribution in [-0.4, -0.2) is 46.2 Å². The van der Waals surface area contributed by atoms with Crippen molar-refractivity contribution in [2.75, 3.05) is 31.1 Å².